The van der Waals surface area contributed by atoms with Crippen LogP contribution in [-0.2, 0) is 10.0 Å². The molecule has 0 aliphatic carbocycles. The standard InChI is InChI=1S/C18H13ClN6O2S/c19-17-23-15-5-2-1-4-14(15)16(24-17)22-12-6-8-13(9-7-12)28(26,27)25-18-20-10-3-11-21-18/h1-11H,(H,20,21,25)(H,22,23,24). The predicted molar refractivity (Wildman–Crippen MR) is 107 cm³/mol. The Bertz CT molecular complexity index is 1230. The first-order valence-electron chi connectivity index (χ1n) is 8.10. The second-order valence-electron chi connectivity index (χ2n) is 5.69. The summed E-state index contributed by atoms with van der Waals surface area (Å²) in [5, 5.41) is 4.06. The molecule has 28 heavy (non-hydrogen) atoms. The lowest BCUT2D eigenvalue weighted by molar-refractivity contribution is 0.601. The summed E-state index contributed by atoms with van der Waals surface area (Å²) >= 11 is 5.99. The molecule has 8 nitrogen and oxygen atoms in total. The van der Waals surface area contributed by atoms with E-state index in [4.69, 9.17) is 11.6 Å². The smallest absolute Gasteiger partial charge is 0.264 e. The number of nitrogens with one attached hydrogen (secondary N) is 2. The Kier molecular flexibility index (Phi) is 4.76. The third-order valence-electron chi connectivity index (χ3n) is 3.79. The third-order valence-corrected chi connectivity index (χ3v) is 5.31. The van der Waals surface area contributed by atoms with Gasteiger partial charge in [0.25, 0.3) is 10.0 Å². The number of nitrogens with zero attached hydrogens (tertiary/aromatic N) is 4. The monoisotopic (exact) mass is 412 g/mol. The Morgan fingerprint density at radius 2 is 1.57 bits per heavy atom. The van der Waals surface area contributed by atoms with Crippen LogP contribution in [0, 0.1) is 0 Å². The van der Waals surface area contributed by atoms with Crippen LogP contribution in [0.25, 0.3) is 10.9 Å². The molecule has 0 bridgehead atoms. The quantitative estimate of drug-likeness (QED) is 0.481. The molecule has 0 radical (unpaired) electrons. The van der Waals surface area contributed by atoms with Gasteiger partial charge in [0.15, 0.2) is 0 Å². The summed E-state index contributed by atoms with van der Waals surface area (Å²) in [5.41, 5.74) is 1.35. The van der Waals surface area contributed by atoms with Gasteiger partial charge in [-0.3, -0.25) is 0 Å². The molecular weight excluding hydrogens is 400 g/mol. The first-order chi connectivity index (χ1) is 13.5. The topological polar surface area (TPSA) is 110 Å². The van der Waals surface area contributed by atoms with Gasteiger partial charge < -0.3 is 5.32 Å². The summed E-state index contributed by atoms with van der Waals surface area (Å²) in [6.07, 6.45) is 2.91. The molecule has 2 heterocycles. The van der Waals surface area contributed by atoms with E-state index < -0.39 is 10.0 Å². The van der Waals surface area contributed by atoms with Gasteiger partial charge in [0.1, 0.15) is 5.82 Å². The van der Waals surface area contributed by atoms with Crippen LogP contribution in [0.4, 0.5) is 17.5 Å². The first-order valence-corrected chi connectivity index (χ1v) is 9.97. The zero-order chi connectivity index (χ0) is 19.6. The minimum Gasteiger partial charge on any atom is -0.340 e. The van der Waals surface area contributed by atoms with Crippen molar-refractivity contribution in [1.82, 2.24) is 19.9 Å². The molecule has 0 aliphatic heterocycles. The Morgan fingerprint density at radius 3 is 2.32 bits per heavy atom. The van der Waals surface area contributed by atoms with Crippen LogP contribution in [0.2, 0.25) is 5.28 Å². The predicted octanol–water partition coefficient (Wildman–Crippen LogP) is 3.62. The van der Waals surface area contributed by atoms with Crippen molar-refractivity contribution in [2.45, 2.75) is 4.90 Å². The zero-order valence-electron chi connectivity index (χ0n) is 14.2. The first kappa shape index (κ1) is 18.1. The molecule has 140 valence electrons. The summed E-state index contributed by atoms with van der Waals surface area (Å²) in [6, 6.07) is 15.2. The van der Waals surface area contributed by atoms with Crippen molar-refractivity contribution in [3.05, 3.63) is 72.3 Å². The molecule has 2 aromatic carbocycles. The normalized spacial score (nSPS) is 11.3. The molecule has 2 N–H and O–H groups in total. The molecule has 4 aromatic rings. The van der Waals surface area contributed by atoms with E-state index in [9.17, 15) is 8.42 Å². The maximum absolute atomic E-state index is 12.4. The second kappa shape index (κ2) is 7.37. The van der Waals surface area contributed by atoms with Crippen molar-refractivity contribution >= 4 is 50.0 Å². The highest BCUT2D eigenvalue weighted by atomic mass is 35.5. The molecule has 0 saturated heterocycles. The number of fused-ring (bicyclic) bond motifs is 1. The number of hydrogen-bond donors (Lipinski definition) is 2. The van der Waals surface area contributed by atoms with E-state index >= 15 is 0 Å². The van der Waals surface area contributed by atoms with E-state index in [-0.39, 0.29) is 16.1 Å². The lowest BCUT2D eigenvalue weighted by Crippen LogP contribution is -2.14. The van der Waals surface area contributed by atoms with Crippen LogP contribution >= 0.6 is 11.6 Å². The molecule has 0 aliphatic rings. The summed E-state index contributed by atoms with van der Waals surface area (Å²) in [4.78, 5) is 16.2. The van der Waals surface area contributed by atoms with E-state index in [1.165, 1.54) is 24.5 Å². The fraction of sp³-hybridized carbons (Fsp3) is 0. The largest absolute Gasteiger partial charge is 0.340 e. The molecular formula is C18H13ClN6O2S. The van der Waals surface area contributed by atoms with E-state index in [0.717, 1.165) is 5.39 Å². The van der Waals surface area contributed by atoms with Crippen LogP contribution in [0.1, 0.15) is 0 Å². The number of hydrogen-bond acceptors (Lipinski definition) is 7. The van der Waals surface area contributed by atoms with E-state index in [1.54, 1.807) is 18.2 Å². The molecule has 0 unspecified atom stereocenters. The van der Waals surface area contributed by atoms with E-state index in [2.05, 4.69) is 30.0 Å². The summed E-state index contributed by atoms with van der Waals surface area (Å²) in [7, 11) is -3.79. The fourth-order valence-electron chi connectivity index (χ4n) is 2.53. The van der Waals surface area contributed by atoms with Crippen molar-refractivity contribution in [3.8, 4) is 0 Å². The van der Waals surface area contributed by atoms with Gasteiger partial charge in [0.2, 0.25) is 11.2 Å². The van der Waals surface area contributed by atoms with Crippen molar-refractivity contribution in [2.24, 2.45) is 0 Å². The van der Waals surface area contributed by atoms with Crippen molar-refractivity contribution in [3.63, 3.8) is 0 Å². The lowest BCUT2D eigenvalue weighted by Gasteiger charge is -2.10. The Morgan fingerprint density at radius 1 is 0.857 bits per heavy atom. The van der Waals surface area contributed by atoms with Gasteiger partial charge >= 0.3 is 0 Å². The zero-order valence-corrected chi connectivity index (χ0v) is 15.8. The van der Waals surface area contributed by atoms with Crippen molar-refractivity contribution in [2.75, 3.05) is 10.0 Å². The van der Waals surface area contributed by atoms with Crippen molar-refractivity contribution < 1.29 is 8.42 Å². The number of anilines is 3. The molecule has 0 fully saturated rings. The number of halogens is 1. The maximum atomic E-state index is 12.4. The summed E-state index contributed by atoms with van der Waals surface area (Å²) in [5.74, 6) is 0.536. The molecule has 0 amide bonds. The van der Waals surface area contributed by atoms with Gasteiger partial charge in [0, 0.05) is 23.5 Å². The summed E-state index contributed by atoms with van der Waals surface area (Å²) in [6.45, 7) is 0. The van der Waals surface area contributed by atoms with Crippen LogP contribution in [0.5, 0.6) is 0 Å². The molecule has 2 aromatic heterocycles. The highest BCUT2D eigenvalue weighted by Crippen LogP contribution is 2.26. The Balaban J connectivity index is 1.59. The average molecular weight is 413 g/mol. The Hall–Kier alpha value is -3.30. The van der Waals surface area contributed by atoms with Gasteiger partial charge in [-0.15, -0.1) is 0 Å². The minimum atomic E-state index is -3.79. The second-order valence-corrected chi connectivity index (χ2v) is 7.71. The number of para-hydroxylation sites is 1. The molecule has 4 rings (SSSR count). The molecule has 0 spiro atoms. The average Bonchev–Trinajstić information content (AvgIpc) is 2.69. The minimum absolute atomic E-state index is 0.00630. The van der Waals surface area contributed by atoms with Gasteiger partial charge in [0.05, 0.1) is 10.4 Å². The SMILES string of the molecule is O=S(=O)(Nc1ncccn1)c1ccc(Nc2nc(Cl)nc3ccccc23)cc1. The van der Waals surface area contributed by atoms with Crippen LogP contribution in [0.15, 0.2) is 71.9 Å². The maximum Gasteiger partial charge on any atom is 0.264 e. The van der Waals surface area contributed by atoms with E-state index in [0.29, 0.717) is 17.0 Å². The van der Waals surface area contributed by atoms with Crippen LogP contribution < -0.4 is 10.0 Å². The summed E-state index contributed by atoms with van der Waals surface area (Å²) < 4.78 is 27.2. The van der Waals surface area contributed by atoms with Gasteiger partial charge in [-0.25, -0.2) is 28.1 Å². The Labute approximate surface area is 165 Å². The van der Waals surface area contributed by atoms with Gasteiger partial charge in [-0.1, -0.05) is 12.1 Å². The van der Waals surface area contributed by atoms with Crippen LogP contribution in [-0.4, -0.2) is 28.4 Å². The van der Waals surface area contributed by atoms with Gasteiger partial charge in [-0.05, 0) is 54.1 Å². The number of benzene rings is 2. The highest BCUT2D eigenvalue weighted by molar-refractivity contribution is 7.92. The fourth-order valence-corrected chi connectivity index (χ4v) is 3.66. The third kappa shape index (κ3) is 3.85. The highest BCUT2D eigenvalue weighted by Gasteiger charge is 2.15. The van der Waals surface area contributed by atoms with Crippen LogP contribution in [0.3, 0.4) is 0 Å². The number of rotatable bonds is 5. The van der Waals surface area contributed by atoms with Gasteiger partial charge in [-0.2, -0.15) is 4.98 Å². The molecule has 10 heteroatoms. The van der Waals surface area contributed by atoms with Crippen molar-refractivity contribution in [1.29, 1.82) is 0 Å². The lowest BCUT2D eigenvalue weighted by atomic mass is 10.2. The van der Waals surface area contributed by atoms with E-state index in [1.807, 2.05) is 24.3 Å². The molecule has 0 saturated carbocycles. The number of sulfonamides is 1. The molecule has 0 atom stereocenters. The number of aromatic nitrogens is 4.